The SMILES string of the molecule is CCCC(=O)[O][Ti]([O]C(=O)CCC)([C]1=CC=CC1)([CH]1c2ccccc2-c2ccccc21)=[Si](C)C. The predicted octanol–water partition coefficient (Wildman–Crippen LogP) is 7.06. The molecule has 2 aromatic rings. The van der Waals surface area contributed by atoms with E-state index in [9.17, 15) is 9.59 Å². The molecular weight excluding hydrogens is 476 g/mol. The maximum absolute atomic E-state index is 13.4. The van der Waals surface area contributed by atoms with E-state index in [0.717, 1.165) is 26.1 Å². The fourth-order valence-corrected chi connectivity index (χ4v) is 25.1. The fourth-order valence-electron chi connectivity index (χ4n) is 5.75. The van der Waals surface area contributed by atoms with Crippen LogP contribution < -0.4 is 0 Å². The Morgan fingerprint density at radius 1 is 0.882 bits per heavy atom. The van der Waals surface area contributed by atoms with Crippen molar-refractivity contribution in [1.29, 1.82) is 0 Å². The van der Waals surface area contributed by atoms with Gasteiger partial charge in [-0.15, -0.1) is 0 Å². The van der Waals surface area contributed by atoms with E-state index in [1.165, 1.54) is 0 Å². The summed E-state index contributed by atoms with van der Waals surface area (Å²) < 4.78 is 14.5. The zero-order chi connectivity index (χ0) is 24.4. The molecular formula is C28H34O4SiTi. The van der Waals surface area contributed by atoms with Crippen molar-refractivity contribution in [3.63, 3.8) is 0 Å². The first-order valence-corrected chi connectivity index (χ1v) is 20.1. The van der Waals surface area contributed by atoms with E-state index in [-0.39, 0.29) is 16.2 Å². The molecule has 4 rings (SSSR count). The number of hydrogen-bond donors (Lipinski definition) is 0. The molecule has 0 bridgehead atoms. The van der Waals surface area contributed by atoms with Crippen LogP contribution in [0.1, 0.15) is 61.3 Å². The molecule has 0 amide bonds. The van der Waals surface area contributed by atoms with E-state index in [1.807, 2.05) is 44.2 Å². The minimum absolute atomic E-state index is 0.246. The second-order valence-corrected chi connectivity index (χ2v) is 26.2. The molecule has 2 aromatic carbocycles. The van der Waals surface area contributed by atoms with E-state index in [2.05, 4.69) is 49.5 Å². The summed E-state index contributed by atoms with van der Waals surface area (Å²) >= 11 is -5.09. The normalized spacial score (nSPS) is 14.9. The Labute approximate surface area is 204 Å². The van der Waals surface area contributed by atoms with Gasteiger partial charge in [0.15, 0.2) is 0 Å². The molecule has 4 nitrogen and oxygen atoms in total. The average Bonchev–Trinajstić information content (AvgIpc) is 3.46. The van der Waals surface area contributed by atoms with Gasteiger partial charge in [0, 0.05) is 0 Å². The molecule has 0 N–H and O–H groups in total. The number of rotatable bonds is 8. The first-order valence-electron chi connectivity index (χ1n) is 12.3. The summed E-state index contributed by atoms with van der Waals surface area (Å²) in [5.74, 6) is -0.491. The van der Waals surface area contributed by atoms with Crippen LogP contribution in [-0.2, 0) is 31.0 Å². The first-order chi connectivity index (χ1) is 16.4. The molecule has 178 valence electrons. The minimum atomic E-state index is -5.09. The van der Waals surface area contributed by atoms with Gasteiger partial charge >= 0.3 is 205 Å². The first kappa shape index (κ1) is 24.9. The number of carbonyl (C=O) groups excluding carboxylic acids is 2. The van der Waals surface area contributed by atoms with Crippen molar-refractivity contribution >= 4 is 18.1 Å². The summed E-state index contributed by atoms with van der Waals surface area (Å²) in [6, 6.07) is 16.7. The molecule has 0 spiro atoms. The topological polar surface area (TPSA) is 52.6 Å². The zero-order valence-corrected chi connectivity index (χ0v) is 23.2. The van der Waals surface area contributed by atoms with Gasteiger partial charge in [0.2, 0.25) is 0 Å². The zero-order valence-electron chi connectivity index (χ0n) is 20.6. The van der Waals surface area contributed by atoms with Crippen LogP contribution >= 0.6 is 0 Å². The molecule has 0 heterocycles. The molecule has 6 heteroatoms. The Morgan fingerprint density at radius 2 is 1.38 bits per heavy atom. The monoisotopic (exact) mass is 510 g/mol. The maximum atomic E-state index is 13.4. The quantitative estimate of drug-likeness (QED) is 0.357. The number of hydrogen-bond acceptors (Lipinski definition) is 4. The van der Waals surface area contributed by atoms with Crippen molar-refractivity contribution in [3.8, 4) is 11.1 Å². The molecule has 0 atom stereocenters. The van der Waals surface area contributed by atoms with Gasteiger partial charge in [-0.3, -0.25) is 0 Å². The van der Waals surface area contributed by atoms with Gasteiger partial charge in [-0.2, -0.15) is 0 Å². The van der Waals surface area contributed by atoms with Crippen molar-refractivity contribution in [2.75, 3.05) is 0 Å². The molecule has 0 saturated carbocycles. The van der Waals surface area contributed by atoms with Gasteiger partial charge in [0.1, 0.15) is 0 Å². The molecule has 2 aliphatic carbocycles. The molecule has 0 aromatic heterocycles. The fraction of sp³-hybridized carbons (Fsp3) is 0.357. The van der Waals surface area contributed by atoms with Gasteiger partial charge in [-0.1, -0.05) is 0 Å². The van der Waals surface area contributed by atoms with Crippen LogP contribution in [0.2, 0.25) is 13.1 Å². The van der Waals surface area contributed by atoms with E-state index in [1.54, 1.807) is 0 Å². The Morgan fingerprint density at radius 3 is 1.79 bits per heavy atom. The molecule has 0 fully saturated rings. The van der Waals surface area contributed by atoms with Gasteiger partial charge < -0.3 is 0 Å². The van der Waals surface area contributed by atoms with E-state index < -0.39 is 21.0 Å². The second-order valence-electron chi connectivity index (χ2n) is 9.52. The van der Waals surface area contributed by atoms with Gasteiger partial charge in [-0.05, 0) is 0 Å². The van der Waals surface area contributed by atoms with E-state index in [0.29, 0.717) is 32.1 Å². The van der Waals surface area contributed by atoms with Gasteiger partial charge in [0.05, 0.1) is 0 Å². The van der Waals surface area contributed by atoms with Crippen molar-refractivity contribution in [3.05, 3.63) is 81.8 Å². The van der Waals surface area contributed by atoms with E-state index >= 15 is 0 Å². The molecule has 0 unspecified atom stereocenters. The van der Waals surface area contributed by atoms with Crippen molar-refractivity contribution in [1.82, 2.24) is 0 Å². The molecule has 0 saturated heterocycles. The third kappa shape index (κ3) is 3.78. The van der Waals surface area contributed by atoms with Crippen LogP contribution in [0.4, 0.5) is 0 Å². The van der Waals surface area contributed by atoms with Gasteiger partial charge in [0.25, 0.3) is 0 Å². The number of fused-ring (bicyclic) bond motifs is 3. The number of allylic oxidation sites excluding steroid dienone is 4. The summed E-state index contributed by atoms with van der Waals surface area (Å²) in [4.78, 5) is 26.9. The molecule has 0 radical (unpaired) electrons. The van der Waals surface area contributed by atoms with Crippen LogP contribution in [0.25, 0.3) is 11.1 Å². The van der Waals surface area contributed by atoms with Gasteiger partial charge in [-0.25, -0.2) is 0 Å². The summed E-state index contributed by atoms with van der Waals surface area (Å²) in [5.41, 5.74) is 4.53. The summed E-state index contributed by atoms with van der Waals surface area (Å²) in [6.07, 6.45) is 7.40. The van der Waals surface area contributed by atoms with Crippen LogP contribution in [0.5, 0.6) is 0 Å². The van der Waals surface area contributed by atoms with Crippen LogP contribution in [0.15, 0.2) is 70.6 Å². The predicted molar refractivity (Wildman–Crippen MR) is 135 cm³/mol. The van der Waals surface area contributed by atoms with E-state index in [4.69, 9.17) is 6.64 Å². The summed E-state index contributed by atoms with van der Waals surface area (Å²) in [7, 11) is 0. The van der Waals surface area contributed by atoms with Crippen LogP contribution in [-0.4, -0.2) is 18.1 Å². The molecule has 0 aliphatic heterocycles. The molecule has 2 aliphatic rings. The van der Waals surface area contributed by atoms with Crippen LogP contribution in [0, 0.1) is 0 Å². The summed E-state index contributed by atoms with van der Waals surface area (Å²) in [6.45, 7) is 8.32. The van der Waals surface area contributed by atoms with Crippen LogP contribution in [0.3, 0.4) is 0 Å². The Hall–Kier alpha value is -2.21. The second kappa shape index (κ2) is 9.81. The van der Waals surface area contributed by atoms with Crippen molar-refractivity contribution in [2.45, 2.75) is 63.3 Å². The number of benzene rings is 2. The third-order valence-corrected chi connectivity index (χ3v) is 28.4. The van der Waals surface area contributed by atoms with Crippen molar-refractivity contribution in [2.24, 2.45) is 0 Å². The number of carbonyl (C=O) groups is 2. The Balaban J connectivity index is 2.15. The Bertz CT molecular complexity index is 1200. The Kier molecular flexibility index (Phi) is 7.18. The van der Waals surface area contributed by atoms with Crippen molar-refractivity contribution < 1.29 is 31.0 Å². The molecule has 34 heavy (non-hydrogen) atoms. The summed E-state index contributed by atoms with van der Waals surface area (Å²) in [5, 5.41) is 0. The standard InChI is InChI=1S/C13H9.C5H5.2C4H8O2.C2H6Si.Ti/c1-3-7-12-10(5-1)9-11-6-2-4-8-13(11)12;1-2-4-5-3-1;2*1-2-3-4(5)6;1-3-2;/h1-9H;1-3H,4H2;2*2-3H2,1H3,(H,5,6);1-2H3;/q;;;;;+2/p-2. The third-order valence-electron chi connectivity index (χ3n) is 7.23. The average molecular weight is 511 g/mol.